The third-order valence-corrected chi connectivity index (χ3v) is 5.01. The van der Waals surface area contributed by atoms with Crippen LogP contribution >= 0.6 is 11.3 Å². The minimum absolute atomic E-state index is 0.00180. The summed E-state index contributed by atoms with van der Waals surface area (Å²) in [4.78, 5) is 30.3. The first-order chi connectivity index (χ1) is 10.3. The Morgan fingerprint density at radius 2 is 2.10 bits per heavy atom. The molecule has 114 valence electrons. The van der Waals surface area contributed by atoms with Crippen molar-refractivity contribution in [2.75, 3.05) is 6.54 Å². The van der Waals surface area contributed by atoms with Gasteiger partial charge in [-0.2, -0.15) is 0 Å². The number of hydrogen-bond acceptors (Lipinski definition) is 5. The van der Waals surface area contributed by atoms with Crippen molar-refractivity contribution >= 4 is 23.2 Å². The molecule has 0 aromatic carbocycles. The van der Waals surface area contributed by atoms with Crippen LogP contribution < -0.4 is 5.32 Å². The van der Waals surface area contributed by atoms with Crippen LogP contribution in [-0.4, -0.2) is 40.3 Å². The molecule has 1 atom stereocenters. The van der Waals surface area contributed by atoms with Gasteiger partial charge in [0, 0.05) is 24.4 Å². The molecule has 1 aromatic rings. The van der Waals surface area contributed by atoms with E-state index in [4.69, 9.17) is 0 Å². The van der Waals surface area contributed by atoms with E-state index in [9.17, 15) is 9.59 Å². The third-order valence-electron chi connectivity index (χ3n) is 4.38. The SMILES string of the molecule is O=C1CC(NCCc2cscn2)C(=O)N1C1CCCCC1. The Morgan fingerprint density at radius 1 is 1.29 bits per heavy atom. The summed E-state index contributed by atoms with van der Waals surface area (Å²) in [6, 6.07) is -0.192. The molecule has 2 amide bonds. The second-order valence-electron chi connectivity index (χ2n) is 5.83. The summed E-state index contributed by atoms with van der Waals surface area (Å²) in [5.41, 5.74) is 2.85. The lowest BCUT2D eigenvalue weighted by molar-refractivity contribution is -0.142. The van der Waals surface area contributed by atoms with E-state index in [1.807, 2.05) is 10.9 Å². The van der Waals surface area contributed by atoms with Crippen LogP contribution in [0.5, 0.6) is 0 Å². The van der Waals surface area contributed by atoms with Crippen LogP contribution in [-0.2, 0) is 16.0 Å². The average molecular weight is 307 g/mol. The third kappa shape index (κ3) is 3.32. The fourth-order valence-corrected chi connectivity index (χ4v) is 3.86. The van der Waals surface area contributed by atoms with Crippen molar-refractivity contribution < 1.29 is 9.59 Å². The minimum Gasteiger partial charge on any atom is -0.305 e. The fourth-order valence-electron chi connectivity index (χ4n) is 3.27. The number of carbonyl (C=O) groups excluding carboxylic acids is 2. The predicted octanol–water partition coefficient (Wildman–Crippen LogP) is 1.74. The highest BCUT2D eigenvalue weighted by Crippen LogP contribution is 2.27. The molecule has 3 rings (SSSR count). The lowest BCUT2D eigenvalue weighted by Crippen LogP contribution is -2.45. The van der Waals surface area contributed by atoms with Crippen molar-refractivity contribution in [3.05, 3.63) is 16.6 Å². The van der Waals surface area contributed by atoms with Gasteiger partial charge in [-0.05, 0) is 12.8 Å². The number of imide groups is 1. The predicted molar refractivity (Wildman–Crippen MR) is 81.0 cm³/mol. The number of carbonyl (C=O) groups is 2. The number of aromatic nitrogens is 1. The van der Waals surface area contributed by atoms with E-state index in [1.165, 1.54) is 6.42 Å². The molecule has 1 aliphatic heterocycles. The molecule has 2 fully saturated rings. The molecule has 0 bridgehead atoms. The van der Waals surface area contributed by atoms with E-state index in [-0.39, 0.29) is 23.9 Å². The van der Waals surface area contributed by atoms with E-state index < -0.39 is 0 Å². The molecule has 1 aromatic heterocycles. The summed E-state index contributed by atoms with van der Waals surface area (Å²) in [5, 5.41) is 5.23. The smallest absolute Gasteiger partial charge is 0.247 e. The topological polar surface area (TPSA) is 62.3 Å². The highest BCUT2D eigenvalue weighted by molar-refractivity contribution is 7.07. The number of nitrogens with one attached hydrogen (secondary N) is 1. The van der Waals surface area contributed by atoms with Gasteiger partial charge < -0.3 is 5.32 Å². The number of thiazole rings is 1. The second-order valence-corrected chi connectivity index (χ2v) is 6.55. The minimum atomic E-state index is -0.335. The summed E-state index contributed by atoms with van der Waals surface area (Å²) >= 11 is 1.57. The molecule has 6 heteroatoms. The van der Waals surface area contributed by atoms with Crippen LogP contribution in [0, 0.1) is 0 Å². The van der Waals surface area contributed by atoms with Crippen LogP contribution in [0.25, 0.3) is 0 Å². The molecule has 1 aliphatic carbocycles. The van der Waals surface area contributed by atoms with Crippen molar-refractivity contribution in [1.82, 2.24) is 15.2 Å². The van der Waals surface area contributed by atoms with Crippen molar-refractivity contribution in [2.45, 2.75) is 57.0 Å². The van der Waals surface area contributed by atoms with E-state index in [0.29, 0.717) is 13.0 Å². The van der Waals surface area contributed by atoms with E-state index in [2.05, 4.69) is 10.3 Å². The molecule has 5 nitrogen and oxygen atoms in total. The Hall–Kier alpha value is -1.27. The maximum atomic E-state index is 12.4. The molecular formula is C15H21N3O2S. The molecule has 1 saturated heterocycles. The zero-order valence-corrected chi connectivity index (χ0v) is 12.9. The highest BCUT2D eigenvalue weighted by Gasteiger charge is 2.42. The summed E-state index contributed by atoms with van der Waals surface area (Å²) in [5.74, 6) is -0.0248. The van der Waals surface area contributed by atoms with Gasteiger partial charge in [0.05, 0.1) is 23.7 Å². The first-order valence-electron chi connectivity index (χ1n) is 7.72. The Kier molecular flexibility index (Phi) is 4.65. The van der Waals surface area contributed by atoms with Gasteiger partial charge in [0.25, 0.3) is 0 Å². The maximum absolute atomic E-state index is 12.4. The van der Waals surface area contributed by atoms with Gasteiger partial charge >= 0.3 is 0 Å². The van der Waals surface area contributed by atoms with Crippen LogP contribution in [0.2, 0.25) is 0 Å². The molecule has 1 unspecified atom stereocenters. The summed E-state index contributed by atoms with van der Waals surface area (Å²) < 4.78 is 0. The van der Waals surface area contributed by atoms with Crippen LogP contribution in [0.1, 0.15) is 44.2 Å². The summed E-state index contributed by atoms with van der Waals surface area (Å²) in [6.45, 7) is 0.686. The first kappa shape index (κ1) is 14.7. The zero-order chi connectivity index (χ0) is 14.7. The van der Waals surface area contributed by atoms with Gasteiger partial charge in [-0.3, -0.25) is 14.5 Å². The van der Waals surface area contributed by atoms with Gasteiger partial charge in [0.1, 0.15) is 0 Å². The molecule has 0 radical (unpaired) electrons. The Morgan fingerprint density at radius 3 is 2.81 bits per heavy atom. The van der Waals surface area contributed by atoms with Crippen molar-refractivity contribution in [3.8, 4) is 0 Å². The molecule has 2 heterocycles. The number of likely N-dealkylation sites (tertiary alicyclic amines) is 1. The Bertz CT molecular complexity index is 497. The largest absolute Gasteiger partial charge is 0.305 e. The average Bonchev–Trinajstić information content (AvgIpc) is 3.09. The monoisotopic (exact) mass is 307 g/mol. The van der Waals surface area contributed by atoms with Crippen LogP contribution in [0.3, 0.4) is 0 Å². The lowest BCUT2D eigenvalue weighted by Gasteiger charge is -2.29. The molecule has 2 aliphatic rings. The zero-order valence-electron chi connectivity index (χ0n) is 12.1. The van der Waals surface area contributed by atoms with Crippen LogP contribution in [0.4, 0.5) is 0 Å². The van der Waals surface area contributed by atoms with Gasteiger partial charge in [0.15, 0.2) is 0 Å². The van der Waals surface area contributed by atoms with Gasteiger partial charge in [-0.15, -0.1) is 11.3 Å². The number of hydrogen-bond donors (Lipinski definition) is 1. The van der Waals surface area contributed by atoms with Gasteiger partial charge in [0.2, 0.25) is 11.8 Å². The normalized spacial score (nSPS) is 24.0. The van der Waals surface area contributed by atoms with E-state index in [0.717, 1.165) is 37.8 Å². The first-order valence-corrected chi connectivity index (χ1v) is 8.66. The molecular weight excluding hydrogens is 286 g/mol. The Balaban J connectivity index is 1.53. The van der Waals surface area contributed by atoms with E-state index >= 15 is 0 Å². The van der Waals surface area contributed by atoms with Crippen molar-refractivity contribution in [1.29, 1.82) is 0 Å². The number of nitrogens with zero attached hydrogens (tertiary/aromatic N) is 2. The molecule has 1 saturated carbocycles. The molecule has 21 heavy (non-hydrogen) atoms. The number of amides is 2. The van der Waals surface area contributed by atoms with Crippen LogP contribution in [0.15, 0.2) is 10.9 Å². The molecule has 1 N–H and O–H groups in total. The lowest BCUT2D eigenvalue weighted by atomic mass is 9.94. The van der Waals surface area contributed by atoms with Crippen molar-refractivity contribution in [3.63, 3.8) is 0 Å². The quantitative estimate of drug-likeness (QED) is 0.842. The summed E-state index contributed by atoms with van der Waals surface area (Å²) in [7, 11) is 0. The maximum Gasteiger partial charge on any atom is 0.247 e. The van der Waals surface area contributed by atoms with Crippen molar-refractivity contribution in [2.24, 2.45) is 0 Å². The Labute approximate surface area is 128 Å². The fraction of sp³-hybridized carbons (Fsp3) is 0.667. The van der Waals surface area contributed by atoms with Gasteiger partial charge in [-0.1, -0.05) is 19.3 Å². The molecule has 0 spiro atoms. The van der Waals surface area contributed by atoms with Gasteiger partial charge in [-0.25, -0.2) is 4.98 Å². The standard InChI is InChI=1S/C15H21N3O2S/c19-14-8-13(16-7-6-11-9-21-10-17-11)15(20)18(14)12-4-2-1-3-5-12/h9-10,12-13,16H,1-8H2. The van der Waals surface area contributed by atoms with E-state index in [1.54, 1.807) is 16.2 Å². The summed E-state index contributed by atoms with van der Waals surface area (Å²) in [6.07, 6.45) is 6.54. The second kappa shape index (κ2) is 6.66. The highest BCUT2D eigenvalue weighted by atomic mass is 32.1. The number of rotatable bonds is 5.